The average molecular weight is 293 g/mol. The lowest BCUT2D eigenvalue weighted by Gasteiger charge is -2.08. The van der Waals surface area contributed by atoms with Crippen LogP contribution in [0.25, 0.3) is 17.5 Å². The van der Waals surface area contributed by atoms with E-state index >= 15 is 0 Å². The van der Waals surface area contributed by atoms with E-state index in [9.17, 15) is 4.39 Å². The molecule has 0 fully saturated rings. The Balaban J connectivity index is 2.68. The number of hydrogen-bond acceptors (Lipinski definition) is 5. The summed E-state index contributed by atoms with van der Waals surface area (Å²) in [6, 6.07) is 1.56. The second kappa shape index (κ2) is 5.75. The van der Waals surface area contributed by atoms with E-state index in [0.717, 1.165) is 0 Å². The number of methoxy groups -OCH3 is 1. The molecule has 0 aliphatic heterocycles. The van der Waals surface area contributed by atoms with Gasteiger partial charge in [0.1, 0.15) is 17.7 Å². The molecule has 0 radical (unpaired) electrons. The summed E-state index contributed by atoms with van der Waals surface area (Å²) >= 11 is 6.00. The predicted octanol–water partition coefficient (Wildman–Crippen LogP) is 3.31. The SMILES string of the molecule is C=Cc1cc(-c2ncnc(OC)c2F)nc(Cl)c1N=C. The summed E-state index contributed by atoms with van der Waals surface area (Å²) in [4.78, 5) is 15.3. The molecule has 0 unspecified atom stereocenters. The Kier molecular flexibility index (Phi) is 4.05. The monoisotopic (exact) mass is 292 g/mol. The zero-order valence-corrected chi connectivity index (χ0v) is 11.4. The van der Waals surface area contributed by atoms with Crippen molar-refractivity contribution in [2.75, 3.05) is 7.11 Å². The van der Waals surface area contributed by atoms with Gasteiger partial charge in [-0.15, -0.1) is 0 Å². The summed E-state index contributed by atoms with van der Waals surface area (Å²) in [5, 5.41) is 0.0874. The molecule has 2 rings (SSSR count). The van der Waals surface area contributed by atoms with E-state index in [0.29, 0.717) is 11.3 Å². The van der Waals surface area contributed by atoms with Crippen LogP contribution in [0.5, 0.6) is 5.88 Å². The van der Waals surface area contributed by atoms with Gasteiger partial charge in [0.2, 0.25) is 5.82 Å². The maximum Gasteiger partial charge on any atom is 0.254 e. The largest absolute Gasteiger partial charge is 0.479 e. The van der Waals surface area contributed by atoms with E-state index in [4.69, 9.17) is 16.3 Å². The van der Waals surface area contributed by atoms with Crippen molar-refractivity contribution in [3.05, 3.63) is 35.5 Å². The Bertz CT molecular complexity index is 690. The highest BCUT2D eigenvalue weighted by molar-refractivity contribution is 6.32. The Morgan fingerprint density at radius 3 is 2.80 bits per heavy atom. The maximum absolute atomic E-state index is 14.1. The maximum atomic E-state index is 14.1. The molecule has 2 aromatic rings. The van der Waals surface area contributed by atoms with Gasteiger partial charge in [0.05, 0.1) is 12.8 Å². The van der Waals surface area contributed by atoms with Gasteiger partial charge in [-0.1, -0.05) is 24.3 Å². The average Bonchev–Trinajstić information content (AvgIpc) is 2.46. The molecule has 2 heterocycles. The fourth-order valence-corrected chi connectivity index (χ4v) is 1.89. The van der Waals surface area contributed by atoms with E-state index in [-0.39, 0.29) is 22.4 Å². The summed E-state index contributed by atoms with van der Waals surface area (Å²) in [5.41, 5.74) is 1.17. The minimum Gasteiger partial charge on any atom is -0.479 e. The molecule has 0 aromatic carbocycles. The van der Waals surface area contributed by atoms with Crippen LogP contribution >= 0.6 is 11.6 Å². The number of nitrogens with zero attached hydrogens (tertiary/aromatic N) is 4. The molecule has 0 amide bonds. The molecule has 0 aliphatic rings. The first-order valence-electron chi connectivity index (χ1n) is 5.47. The van der Waals surface area contributed by atoms with Crippen molar-refractivity contribution >= 4 is 30.1 Å². The van der Waals surface area contributed by atoms with Crippen LogP contribution in [0.3, 0.4) is 0 Å². The lowest BCUT2D eigenvalue weighted by molar-refractivity contribution is 0.368. The molecule has 0 spiro atoms. The van der Waals surface area contributed by atoms with Crippen molar-refractivity contribution in [1.29, 1.82) is 0 Å². The molecule has 0 saturated heterocycles. The van der Waals surface area contributed by atoms with Crippen molar-refractivity contribution < 1.29 is 9.13 Å². The number of hydrogen-bond donors (Lipinski definition) is 0. The third kappa shape index (κ3) is 2.37. The fraction of sp³-hybridized carbons (Fsp3) is 0.0769. The van der Waals surface area contributed by atoms with E-state index in [1.54, 1.807) is 6.07 Å². The fourth-order valence-electron chi connectivity index (χ4n) is 1.63. The number of pyridine rings is 1. The highest BCUT2D eigenvalue weighted by Crippen LogP contribution is 2.33. The molecule has 0 aliphatic carbocycles. The normalized spacial score (nSPS) is 10.2. The minimum absolute atomic E-state index is 0.0162. The smallest absolute Gasteiger partial charge is 0.254 e. The summed E-state index contributed by atoms with van der Waals surface area (Å²) in [5.74, 6) is -0.883. The Morgan fingerprint density at radius 1 is 1.45 bits per heavy atom. The topological polar surface area (TPSA) is 60.3 Å². The Morgan fingerprint density at radius 2 is 2.20 bits per heavy atom. The quantitative estimate of drug-likeness (QED) is 0.641. The van der Waals surface area contributed by atoms with Gasteiger partial charge in [0.25, 0.3) is 5.88 Å². The first-order valence-corrected chi connectivity index (χ1v) is 5.84. The van der Waals surface area contributed by atoms with Gasteiger partial charge in [-0.05, 0) is 12.8 Å². The molecular weight excluding hydrogens is 283 g/mol. The number of ether oxygens (including phenoxy) is 1. The molecule has 0 saturated carbocycles. The number of aromatic nitrogens is 3. The number of aliphatic imine (C=N–C) groups is 1. The molecular formula is C13H10ClFN4O. The van der Waals surface area contributed by atoms with Crippen molar-refractivity contribution in [3.8, 4) is 17.3 Å². The van der Waals surface area contributed by atoms with Crippen LogP contribution in [-0.2, 0) is 0 Å². The van der Waals surface area contributed by atoms with Crippen LogP contribution in [-0.4, -0.2) is 28.8 Å². The van der Waals surface area contributed by atoms with Gasteiger partial charge < -0.3 is 4.74 Å². The van der Waals surface area contributed by atoms with E-state index in [1.807, 2.05) is 0 Å². The molecule has 5 nitrogen and oxygen atoms in total. The van der Waals surface area contributed by atoms with Crippen molar-refractivity contribution in [1.82, 2.24) is 15.0 Å². The molecule has 7 heteroatoms. The second-order valence-electron chi connectivity index (χ2n) is 3.64. The molecule has 102 valence electrons. The van der Waals surface area contributed by atoms with Gasteiger partial charge in [0, 0.05) is 5.56 Å². The first kappa shape index (κ1) is 14.1. The minimum atomic E-state index is -0.715. The summed E-state index contributed by atoms with van der Waals surface area (Å²) in [6.07, 6.45) is 2.71. The van der Waals surface area contributed by atoms with Crippen LogP contribution in [0.4, 0.5) is 10.1 Å². The first-order chi connectivity index (χ1) is 9.62. The number of rotatable bonds is 4. The third-order valence-electron chi connectivity index (χ3n) is 2.55. The summed E-state index contributed by atoms with van der Waals surface area (Å²) in [6.45, 7) is 7.05. The molecule has 0 bridgehead atoms. The van der Waals surface area contributed by atoms with Gasteiger partial charge in [-0.25, -0.2) is 9.97 Å². The van der Waals surface area contributed by atoms with Crippen LogP contribution in [0.15, 0.2) is 24.0 Å². The van der Waals surface area contributed by atoms with Crippen LogP contribution < -0.4 is 4.74 Å². The number of halogens is 2. The Hall–Kier alpha value is -2.34. The summed E-state index contributed by atoms with van der Waals surface area (Å²) < 4.78 is 18.9. The van der Waals surface area contributed by atoms with E-state index < -0.39 is 5.82 Å². The van der Waals surface area contributed by atoms with E-state index in [2.05, 4.69) is 33.2 Å². The second-order valence-corrected chi connectivity index (χ2v) is 4.00. The van der Waals surface area contributed by atoms with Gasteiger partial charge in [-0.2, -0.15) is 9.37 Å². The van der Waals surface area contributed by atoms with Gasteiger partial charge >= 0.3 is 0 Å². The highest BCUT2D eigenvalue weighted by atomic mass is 35.5. The van der Waals surface area contributed by atoms with Crippen LogP contribution in [0, 0.1) is 5.82 Å². The standard InChI is InChI=1S/C13H10ClFN4O/c1-4-7-5-8(19-12(14)10(7)16-2)11-9(15)13(20-3)18-6-17-11/h4-6H,1-2H2,3H3. The van der Waals surface area contributed by atoms with Crippen molar-refractivity contribution in [3.63, 3.8) is 0 Å². The van der Waals surface area contributed by atoms with Crippen molar-refractivity contribution in [2.45, 2.75) is 0 Å². The Labute approximate surface area is 119 Å². The van der Waals surface area contributed by atoms with Crippen LogP contribution in [0.2, 0.25) is 5.15 Å². The van der Waals surface area contributed by atoms with Gasteiger partial charge in [0.15, 0.2) is 5.15 Å². The molecule has 20 heavy (non-hydrogen) atoms. The van der Waals surface area contributed by atoms with Crippen molar-refractivity contribution in [2.24, 2.45) is 4.99 Å². The van der Waals surface area contributed by atoms with E-state index in [1.165, 1.54) is 19.5 Å². The zero-order chi connectivity index (χ0) is 14.7. The van der Waals surface area contributed by atoms with Crippen LogP contribution in [0.1, 0.15) is 5.56 Å². The summed E-state index contributed by atoms with van der Waals surface area (Å²) in [7, 11) is 1.31. The lowest BCUT2D eigenvalue weighted by Crippen LogP contribution is -1.99. The zero-order valence-electron chi connectivity index (χ0n) is 10.6. The third-order valence-corrected chi connectivity index (χ3v) is 2.81. The molecule has 0 atom stereocenters. The molecule has 2 aromatic heterocycles. The predicted molar refractivity (Wildman–Crippen MR) is 76.1 cm³/mol. The molecule has 0 N–H and O–H groups in total. The highest BCUT2D eigenvalue weighted by Gasteiger charge is 2.17. The lowest BCUT2D eigenvalue weighted by atomic mass is 10.1. The van der Waals surface area contributed by atoms with Gasteiger partial charge in [-0.3, -0.25) is 4.99 Å².